The predicted octanol–water partition coefficient (Wildman–Crippen LogP) is 1.63. The maximum absolute atomic E-state index is 12.6. The van der Waals surface area contributed by atoms with Crippen LogP contribution in [0.1, 0.15) is 34.7 Å². The van der Waals surface area contributed by atoms with E-state index in [0.717, 1.165) is 16.7 Å². The van der Waals surface area contributed by atoms with E-state index in [4.69, 9.17) is 4.74 Å². The molecule has 1 aliphatic rings. The molecule has 6 heteroatoms. The van der Waals surface area contributed by atoms with Gasteiger partial charge in [-0.15, -0.1) is 0 Å². The molecule has 0 unspecified atom stereocenters. The summed E-state index contributed by atoms with van der Waals surface area (Å²) in [5.74, 6) is 0.0943. The average molecular weight is 354 g/mol. The van der Waals surface area contributed by atoms with Crippen molar-refractivity contribution in [1.82, 2.24) is 4.98 Å². The monoisotopic (exact) mass is 354 g/mol. The highest BCUT2D eigenvalue weighted by molar-refractivity contribution is 5.97. The number of benzene rings is 1. The van der Waals surface area contributed by atoms with Crippen molar-refractivity contribution in [2.24, 2.45) is 4.99 Å². The van der Waals surface area contributed by atoms with Crippen molar-refractivity contribution in [3.8, 4) is 0 Å². The van der Waals surface area contributed by atoms with Crippen molar-refractivity contribution in [3.63, 3.8) is 0 Å². The Morgan fingerprint density at radius 1 is 1.31 bits per heavy atom. The third-order valence-electron chi connectivity index (χ3n) is 4.57. The topological polar surface area (TPSA) is 92.0 Å². The molecule has 26 heavy (non-hydrogen) atoms. The number of pyridine rings is 1. The van der Waals surface area contributed by atoms with E-state index >= 15 is 0 Å². The Hall–Kier alpha value is -2.57. The molecule has 2 atom stereocenters. The van der Waals surface area contributed by atoms with Crippen molar-refractivity contribution in [1.29, 1.82) is 0 Å². The Balaban J connectivity index is 1.70. The first kappa shape index (κ1) is 18.2. The van der Waals surface area contributed by atoms with Gasteiger partial charge in [0.2, 0.25) is 5.90 Å². The summed E-state index contributed by atoms with van der Waals surface area (Å²) < 4.78 is 5.19. The minimum Gasteiger partial charge on any atom is -0.481 e. The van der Waals surface area contributed by atoms with Crippen LogP contribution in [0.5, 0.6) is 0 Å². The molecule has 0 fully saturated rings. The number of nitrogens with zero attached hydrogens (tertiary/aromatic N) is 2. The SMILES string of the molecule is COC1=NCc2cc(CC(=O)C[C@@H](c3ccccc3)[C@@H](O)CO)ncc21. The van der Waals surface area contributed by atoms with Gasteiger partial charge in [-0.3, -0.25) is 9.78 Å². The van der Waals surface area contributed by atoms with Crippen LogP contribution in [0.2, 0.25) is 0 Å². The van der Waals surface area contributed by atoms with Gasteiger partial charge in [0.1, 0.15) is 5.78 Å². The van der Waals surface area contributed by atoms with Gasteiger partial charge in [-0.1, -0.05) is 30.3 Å². The highest BCUT2D eigenvalue weighted by Crippen LogP contribution is 2.25. The second-order valence-corrected chi connectivity index (χ2v) is 6.34. The van der Waals surface area contributed by atoms with Crippen LogP contribution in [0.15, 0.2) is 47.6 Å². The molecule has 6 nitrogen and oxygen atoms in total. The molecule has 0 spiro atoms. The Bertz CT molecular complexity index is 805. The van der Waals surface area contributed by atoms with Crippen LogP contribution in [-0.4, -0.2) is 46.7 Å². The zero-order valence-electron chi connectivity index (χ0n) is 14.6. The molecule has 0 saturated heterocycles. The minimum absolute atomic E-state index is 0.0373. The van der Waals surface area contributed by atoms with Crippen molar-refractivity contribution in [3.05, 3.63) is 65.0 Å². The molecule has 0 saturated carbocycles. The van der Waals surface area contributed by atoms with Crippen molar-refractivity contribution in [2.75, 3.05) is 13.7 Å². The maximum Gasteiger partial charge on any atom is 0.218 e. The predicted molar refractivity (Wildman–Crippen MR) is 97.1 cm³/mol. The number of hydrogen-bond donors (Lipinski definition) is 2. The van der Waals surface area contributed by atoms with Crippen LogP contribution in [0.25, 0.3) is 0 Å². The van der Waals surface area contributed by atoms with Gasteiger partial charge in [0, 0.05) is 30.7 Å². The van der Waals surface area contributed by atoms with E-state index in [0.29, 0.717) is 18.1 Å². The Morgan fingerprint density at radius 3 is 2.77 bits per heavy atom. The van der Waals surface area contributed by atoms with Gasteiger partial charge in [0.05, 0.1) is 31.9 Å². The largest absolute Gasteiger partial charge is 0.481 e. The number of carbonyl (C=O) groups excluding carboxylic acids is 1. The molecule has 2 N–H and O–H groups in total. The molecular formula is C20H22N2O4. The zero-order chi connectivity index (χ0) is 18.5. The summed E-state index contributed by atoms with van der Waals surface area (Å²) in [6.07, 6.45) is 1.03. The molecule has 0 amide bonds. The number of aliphatic hydroxyl groups is 2. The molecule has 1 aliphatic heterocycles. The van der Waals surface area contributed by atoms with Crippen LogP contribution in [0.3, 0.4) is 0 Å². The van der Waals surface area contributed by atoms with Gasteiger partial charge in [0.25, 0.3) is 0 Å². The van der Waals surface area contributed by atoms with Gasteiger partial charge in [-0.05, 0) is 17.2 Å². The lowest BCUT2D eigenvalue weighted by atomic mass is 9.88. The van der Waals surface area contributed by atoms with Crippen LogP contribution in [-0.2, 0) is 22.5 Å². The quantitative estimate of drug-likeness (QED) is 0.788. The molecule has 0 aliphatic carbocycles. The second-order valence-electron chi connectivity index (χ2n) is 6.34. The molecule has 2 heterocycles. The van der Waals surface area contributed by atoms with Gasteiger partial charge in [-0.25, -0.2) is 4.99 Å². The fourth-order valence-electron chi connectivity index (χ4n) is 3.21. The molecule has 3 rings (SSSR count). The number of aromatic nitrogens is 1. The molecule has 136 valence electrons. The third kappa shape index (κ3) is 3.98. The number of rotatable bonds is 7. The molecular weight excluding hydrogens is 332 g/mol. The van der Waals surface area contributed by atoms with Crippen molar-refractivity contribution >= 4 is 11.7 Å². The first-order chi connectivity index (χ1) is 12.6. The molecule has 1 aromatic carbocycles. The van der Waals surface area contributed by atoms with E-state index in [1.165, 1.54) is 0 Å². The van der Waals surface area contributed by atoms with Crippen molar-refractivity contribution in [2.45, 2.75) is 31.4 Å². The van der Waals surface area contributed by atoms with Crippen LogP contribution >= 0.6 is 0 Å². The maximum atomic E-state index is 12.6. The van der Waals surface area contributed by atoms with Crippen LogP contribution < -0.4 is 0 Å². The number of aliphatic hydroxyl groups excluding tert-OH is 2. The van der Waals surface area contributed by atoms with Crippen molar-refractivity contribution < 1.29 is 19.7 Å². The highest BCUT2D eigenvalue weighted by Gasteiger charge is 2.24. The summed E-state index contributed by atoms with van der Waals surface area (Å²) in [5, 5.41) is 19.4. The second kappa shape index (κ2) is 8.21. The van der Waals surface area contributed by atoms with E-state index in [1.807, 2.05) is 36.4 Å². The standard InChI is InChI=1S/C20H22N2O4/c1-26-20-18-11-21-15(7-14(18)10-22-20)8-16(24)9-17(19(25)12-23)13-5-3-2-4-6-13/h2-7,11,17,19,23,25H,8-10,12H2,1H3/t17-,19-/m0/s1. The number of Topliss-reactive ketones (excluding diaryl/α,β-unsaturated/α-hetero) is 1. The molecule has 0 bridgehead atoms. The fraction of sp³-hybridized carbons (Fsp3) is 0.350. The van der Waals surface area contributed by atoms with E-state index in [9.17, 15) is 15.0 Å². The lowest BCUT2D eigenvalue weighted by Gasteiger charge is -2.21. The Kier molecular flexibility index (Phi) is 5.75. The number of ketones is 1. The van der Waals surface area contributed by atoms with Gasteiger partial charge in [-0.2, -0.15) is 0 Å². The summed E-state index contributed by atoms with van der Waals surface area (Å²) in [6.45, 7) is 0.138. The van der Waals surface area contributed by atoms with E-state index in [1.54, 1.807) is 13.3 Å². The fourth-order valence-corrected chi connectivity index (χ4v) is 3.21. The number of carbonyl (C=O) groups is 1. The summed E-state index contributed by atoms with van der Waals surface area (Å²) >= 11 is 0. The number of ether oxygens (including phenoxy) is 1. The minimum atomic E-state index is -0.980. The molecule has 0 radical (unpaired) electrons. The Labute approximate surface area is 152 Å². The lowest BCUT2D eigenvalue weighted by Crippen LogP contribution is -2.25. The number of methoxy groups -OCH3 is 1. The Morgan fingerprint density at radius 2 is 2.08 bits per heavy atom. The molecule has 2 aromatic rings. The zero-order valence-corrected chi connectivity index (χ0v) is 14.6. The number of hydrogen-bond acceptors (Lipinski definition) is 6. The summed E-state index contributed by atoms with van der Waals surface area (Å²) in [4.78, 5) is 21.2. The lowest BCUT2D eigenvalue weighted by molar-refractivity contribution is -0.119. The first-order valence-corrected chi connectivity index (χ1v) is 8.54. The van der Waals surface area contributed by atoms with Crippen LogP contribution in [0, 0.1) is 0 Å². The van der Waals surface area contributed by atoms with E-state index in [2.05, 4.69) is 9.98 Å². The number of fused-ring (bicyclic) bond motifs is 1. The smallest absolute Gasteiger partial charge is 0.218 e. The third-order valence-corrected chi connectivity index (χ3v) is 4.57. The van der Waals surface area contributed by atoms with Crippen LogP contribution in [0.4, 0.5) is 0 Å². The number of aliphatic imine (C=N–C) groups is 1. The normalized spacial score (nSPS) is 15.1. The summed E-state index contributed by atoms with van der Waals surface area (Å²) in [5.41, 5.74) is 3.37. The van der Waals surface area contributed by atoms with Gasteiger partial charge >= 0.3 is 0 Å². The average Bonchev–Trinajstić information content (AvgIpc) is 3.08. The van der Waals surface area contributed by atoms with Gasteiger partial charge in [0.15, 0.2) is 0 Å². The molecule has 1 aromatic heterocycles. The highest BCUT2D eigenvalue weighted by atomic mass is 16.5. The summed E-state index contributed by atoms with van der Waals surface area (Å²) in [7, 11) is 1.57. The van der Waals surface area contributed by atoms with E-state index < -0.39 is 12.0 Å². The van der Waals surface area contributed by atoms with E-state index in [-0.39, 0.29) is 25.2 Å². The first-order valence-electron chi connectivity index (χ1n) is 8.54. The summed E-state index contributed by atoms with van der Waals surface area (Å²) in [6, 6.07) is 11.2. The van der Waals surface area contributed by atoms with Gasteiger partial charge < -0.3 is 14.9 Å².